The average molecular weight is 269 g/mol. The Morgan fingerprint density at radius 1 is 1.10 bits per heavy atom. The summed E-state index contributed by atoms with van der Waals surface area (Å²) in [7, 11) is 2.01. The second-order valence-corrected chi connectivity index (χ2v) is 4.61. The van der Waals surface area contributed by atoms with Crippen LogP contribution in [0.25, 0.3) is 0 Å². The summed E-state index contributed by atoms with van der Waals surface area (Å²) in [4.78, 5) is 13.8. The van der Waals surface area contributed by atoms with Crippen molar-refractivity contribution in [3.05, 3.63) is 65.7 Å². The van der Waals surface area contributed by atoms with E-state index in [1.807, 2.05) is 50.4 Å². The number of anilines is 1. The van der Waals surface area contributed by atoms with Crippen molar-refractivity contribution < 1.29 is 9.53 Å². The van der Waals surface area contributed by atoms with Gasteiger partial charge in [-0.25, -0.2) is 4.79 Å². The van der Waals surface area contributed by atoms with Crippen LogP contribution in [0.2, 0.25) is 0 Å². The van der Waals surface area contributed by atoms with Crippen molar-refractivity contribution in [1.29, 1.82) is 0 Å². The van der Waals surface area contributed by atoms with Gasteiger partial charge in [0.2, 0.25) is 0 Å². The van der Waals surface area contributed by atoms with Gasteiger partial charge in [0.25, 0.3) is 0 Å². The first-order valence-electron chi connectivity index (χ1n) is 6.73. The minimum Gasteiger partial charge on any atom is -0.462 e. The molecule has 0 bridgehead atoms. The summed E-state index contributed by atoms with van der Waals surface area (Å²) in [6, 6.07) is 17.7. The molecule has 0 unspecified atom stereocenters. The maximum atomic E-state index is 11.7. The van der Waals surface area contributed by atoms with Gasteiger partial charge in [-0.05, 0) is 30.7 Å². The number of esters is 1. The Bertz CT molecular complexity index is 566. The van der Waals surface area contributed by atoms with E-state index in [2.05, 4.69) is 17.0 Å². The summed E-state index contributed by atoms with van der Waals surface area (Å²) in [5.74, 6) is -0.275. The van der Waals surface area contributed by atoms with Crippen molar-refractivity contribution in [2.45, 2.75) is 13.5 Å². The molecule has 0 aliphatic heterocycles. The van der Waals surface area contributed by atoms with Crippen LogP contribution in [0.1, 0.15) is 22.8 Å². The third kappa shape index (κ3) is 3.60. The Labute approximate surface area is 119 Å². The Morgan fingerprint density at radius 2 is 1.85 bits per heavy atom. The van der Waals surface area contributed by atoms with Crippen LogP contribution in [-0.2, 0) is 11.3 Å². The van der Waals surface area contributed by atoms with Crippen LogP contribution in [0.3, 0.4) is 0 Å². The molecule has 0 fully saturated rings. The Hall–Kier alpha value is -2.29. The Kier molecular flexibility index (Phi) is 4.77. The maximum Gasteiger partial charge on any atom is 0.338 e. The molecule has 2 rings (SSSR count). The monoisotopic (exact) mass is 269 g/mol. The number of nitrogens with zero attached hydrogens (tertiary/aromatic N) is 1. The normalized spacial score (nSPS) is 10.1. The van der Waals surface area contributed by atoms with E-state index < -0.39 is 0 Å². The molecule has 0 saturated carbocycles. The van der Waals surface area contributed by atoms with E-state index in [0.717, 1.165) is 12.2 Å². The van der Waals surface area contributed by atoms with E-state index in [1.165, 1.54) is 5.56 Å². The van der Waals surface area contributed by atoms with Gasteiger partial charge >= 0.3 is 5.97 Å². The van der Waals surface area contributed by atoms with Crippen molar-refractivity contribution in [3.63, 3.8) is 0 Å². The predicted molar refractivity (Wildman–Crippen MR) is 80.9 cm³/mol. The highest BCUT2D eigenvalue weighted by molar-refractivity contribution is 5.90. The zero-order chi connectivity index (χ0) is 14.4. The number of carbonyl (C=O) groups is 1. The van der Waals surface area contributed by atoms with E-state index in [1.54, 1.807) is 6.07 Å². The number of rotatable bonds is 5. The highest BCUT2D eigenvalue weighted by Crippen LogP contribution is 2.17. The Morgan fingerprint density at radius 3 is 2.55 bits per heavy atom. The number of hydrogen-bond acceptors (Lipinski definition) is 3. The minimum atomic E-state index is -0.275. The van der Waals surface area contributed by atoms with Crippen molar-refractivity contribution >= 4 is 11.7 Å². The molecule has 20 heavy (non-hydrogen) atoms. The van der Waals surface area contributed by atoms with Crippen molar-refractivity contribution in [2.75, 3.05) is 18.6 Å². The topological polar surface area (TPSA) is 29.5 Å². The highest BCUT2D eigenvalue weighted by atomic mass is 16.5. The molecular formula is C17H19NO2. The van der Waals surface area contributed by atoms with Crippen LogP contribution in [0.15, 0.2) is 54.6 Å². The molecule has 0 spiro atoms. The number of hydrogen-bond donors (Lipinski definition) is 0. The zero-order valence-electron chi connectivity index (χ0n) is 11.9. The molecule has 0 aliphatic rings. The lowest BCUT2D eigenvalue weighted by molar-refractivity contribution is 0.0526. The molecule has 3 heteroatoms. The van der Waals surface area contributed by atoms with E-state index in [0.29, 0.717) is 12.2 Å². The lowest BCUT2D eigenvalue weighted by Crippen LogP contribution is -2.17. The molecule has 0 atom stereocenters. The second-order valence-electron chi connectivity index (χ2n) is 4.61. The lowest BCUT2D eigenvalue weighted by Gasteiger charge is -2.20. The molecule has 0 saturated heterocycles. The van der Waals surface area contributed by atoms with Gasteiger partial charge < -0.3 is 9.64 Å². The van der Waals surface area contributed by atoms with Crippen LogP contribution in [0.5, 0.6) is 0 Å². The van der Waals surface area contributed by atoms with Gasteiger partial charge in [-0.2, -0.15) is 0 Å². The summed E-state index contributed by atoms with van der Waals surface area (Å²) in [6.07, 6.45) is 0. The molecule has 2 aromatic rings. The van der Waals surface area contributed by atoms with E-state index in [9.17, 15) is 4.79 Å². The maximum absolute atomic E-state index is 11.7. The van der Waals surface area contributed by atoms with Crippen LogP contribution in [0.4, 0.5) is 5.69 Å². The molecule has 0 heterocycles. The molecule has 3 nitrogen and oxygen atoms in total. The lowest BCUT2D eigenvalue weighted by atomic mass is 10.1. The number of ether oxygens (including phenoxy) is 1. The summed E-state index contributed by atoms with van der Waals surface area (Å²) >= 11 is 0. The van der Waals surface area contributed by atoms with Gasteiger partial charge in [-0.1, -0.05) is 36.4 Å². The van der Waals surface area contributed by atoms with Crippen molar-refractivity contribution in [1.82, 2.24) is 0 Å². The largest absolute Gasteiger partial charge is 0.462 e. The minimum absolute atomic E-state index is 0.275. The summed E-state index contributed by atoms with van der Waals surface area (Å²) in [5.41, 5.74) is 2.82. The zero-order valence-corrected chi connectivity index (χ0v) is 11.9. The third-order valence-electron chi connectivity index (χ3n) is 3.06. The molecular weight excluding hydrogens is 250 g/mol. The fraction of sp³-hybridized carbons (Fsp3) is 0.235. The predicted octanol–water partition coefficient (Wildman–Crippen LogP) is 3.50. The van der Waals surface area contributed by atoms with Crippen LogP contribution in [0, 0.1) is 0 Å². The molecule has 0 amide bonds. The van der Waals surface area contributed by atoms with Gasteiger partial charge in [-0.15, -0.1) is 0 Å². The molecule has 0 N–H and O–H groups in total. The van der Waals surface area contributed by atoms with Crippen LogP contribution in [-0.4, -0.2) is 19.6 Å². The van der Waals surface area contributed by atoms with Gasteiger partial charge in [0.1, 0.15) is 0 Å². The van der Waals surface area contributed by atoms with Gasteiger partial charge in [-0.3, -0.25) is 0 Å². The molecule has 0 aromatic heterocycles. The summed E-state index contributed by atoms with van der Waals surface area (Å²) < 4.78 is 5.02. The third-order valence-corrected chi connectivity index (χ3v) is 3.06. The van der Waals surface area contributed by atoms with E-state index in [-0.39, 0.29) is 5.97 Å². The molecule has 104 valence electrons. The molecule has 0 aliphatic carbocycles. The van der Waals surface area contributed by atoms with Crippen molar-refractivity contribution in [3.8, 4) is 0 Å². The van der Waals surface area contributed by atoms with Gasteiger partial charge in [0, 0.05) is 19.3 Å². The summed E-state index contributed by atoms with van der Waals surface area (Å²) in [5, 5.41) is 0. The smallest absolute Gasteiger partial charge is 0.338 e. The van der Waals surface area contributed by atoms with Crippen LogP contribution < -0.4 is 4.90 Å². The molecule has 2 aromatic carbocycles. The standard InChI is InChI=1S/C17H19NO2/c1-3-20-17(19)15-10-7-11-16(12-15)18(2)13-14-8-5-4-6-9-14/h4-12H,3,13H2,1-2H3. The van der Waals surface area contributed by atoms with Crippen molar-refractivity contribution in [2.24, 2.45) is 0 Å². The first-order valence-corrected chi connectivity index (χ1v) is 6.73. The number of benzene rings is 2. The van der Waals surface area contributed by atoms with E-state index in [4.69, 9.17) is 4.74 Å². The van der Waals surface area contributed by atoms with Gasteiger partial charge in [0.15, 0.2) is 0 Å². The number of carbonyl (C=O) groups excluding carboxylic acids is 1. The first kappa shape index (κ1) is 14.1. The van der Waals surface area contributed by atoms with E-state index >= 15 is 0 Å². The average Bonchev–Trinajstić information content (AvgIpc) is 2.48. The fourth-order valence-corrected chi connectivity index (χ4v) is 2.03. The van der Waals surface area contributed by atoms with Gasteiger partial charge in [0.05, 0.1) is 12.2 Å². The highest BCUT2D eigenvalue weighted by Gasteiger charge is 2.09. The molecule has 0 radical (unpaired) electrons. The Balaban J connectivity index is 2.12. The first-order chi connectivity index (χ1) is 9.70. The fourth-order valence-electron chi connectivity index (χ4n) is 2.03. The summed E-state index contributed by atoms with van der Waals surface area (Å²) in [6.45, 7) is 3.00. The van der Waals surface area contributed by atoms with Crippen LogP contribution >= 0.6 is 0 Å². The quantitative estimate of drug-likeness (QED) is 0.778. The second kappa shape index (κ2) is 6.75. The SMILES string of the molecule is CCOC(=O)c1cccc(N(C)Cc2ccccc2)c1.